The van der Waals surface area contributed by atoms with E-state index in [9.17, 15) is 4.79 Å². The van der Waals surface area contributed by atoms with Crippen LogP contribution >= 0.6 is 11.6 Å². The van der Waals surface area contributed by atoms with Crippen molar-refractivity contribution in [2.24, 2.45) is 11.8 Å². The zero-order valence-electron chi connectivity index (χ0n) is 12.3. The second-order valence-corrected chi connectivity index (χ2v) is 5.68. The third-order valence-electron chi connectivity index (χ3n) is 3.82. The highest BCUT2D eigenvalue weighted by atomic mass is 35.5. The Kier molecular flexibility index (Phi) is 5.39. The van der Waals surface area contributed by atoms with E-state index < -0.39 is 0 Å². The van der Waals surface area contributed by atoms with Gasteiger partial charge in [0.25, 0.3) is 5.91 Å². The molecule has 1 aliphatic rings. The van der Waals surface area contributed by atoms with E-state index in [4.69, 9.17) is 22.2 Å². The lowest BCUT2D eigenvalue weighted by Crippen LogP contribution is -2.42. The van der Waals surface area contributed by atoms with Gasteiger partial charge in [0.2, 0.25) is 0 Å². The number of carbonyl (C=O) groups is 1. The van der Waals surface area contributed by atoms with Crippen LogP contribution in [0.5, 0.6) is 0 Å². The number of methoxy groups -OCH3 is 1. The Balaban J connectivity index is 2.18. The van der Waals surface area contributed by atoms with Crippen molar-refractivity contribution in [2.45, 2.75) is 25.8 Å². The first-order valence-electron chi connectivity index (χ1n) is 7.00. The van der Waals surface area contributed by atoms with E-state index >= 15 is 0 Å². The van der Waals surface area contributed by atoms with Gasteiger partial charge >= 0.3 is 0 Å². The maximum absolute atomic E-state index is 12.7. The number of carbonyl (C=O) groups excluding carboxylic acids is 1. The summed E-state index contributed by atoms with van der Waals surface area (Å²) in [5.41, 5.74) is 2.85. The molecule has 7 heteroatoms. The summed E-state index contributed by atoms with van der Waals surface area (Å²) in [4.78, 5) is 18.6. The molecule has 6 nitrogen and oxygen atoms in total. The third-order valence-corrected chi connectivity index (χ3v) is 4.11. The Hall–Kier alpha value is -1.37. The van der Waals surface area contributed by atoms with Crippen LogP contribution in [0.15, 0.2) is 12.3 Å². The van der Waals surface area contributed by atoms with Crippen LogP contribution in [0.25, 0.3) is 0 Å². The number of aromatic nitrogens is 1. The van der Waals surface area contributed by atoms with Crippen molar-refractivity contribution in [2.75, 3.05) is 25.7 Å². The van der Waals surface area contributed by atoms with Crippen LogP contribution < -0.4 is 11.3 Å². The molecule has 0 aromatic carbocycles. The van der Waals surface area contributed by atoms with Crippen LogP contribution in [-0.2, 0) is 4.74 Å². The summed E-state index contributed by atoms with van der Waals surface area (Å²) in [6.07, 6.45) is 3.84. The fraction of sp³-hybridized carbons (Fsp3) is 0.571. The number of hydrogen-bond acceptors (Lipinski definition) is 5. The largest absolute Gasteiger partial charge is 0.383 e. The van der Waals surface area contributed by atoms with E-state index in [2.05, 4.69) is 17.3 Å². The molecule has 2 rings (SSSR count). The van der Waals surface area contributed by atoms with Gasteiger partial charge in [-0.3, -0.25) is 4.79 Å². The van der Waals surface area contributed by atoms with Gasteiger partial charge in [0.1, 0.15) is 0 Å². The molecule has 1 amide bonds. The zero-order chi connectivity index (χ0) is 15.4. The minimum atomic E-state index is -0.0792. The predicted octanol–water partition coefficient (Wildman–Crippen LogP) is 1.91. The Morgan fingerprint density at radius 1 is 1.67 bits per heavy atom. The zero-order valence-corrected chi connectivity index (χ0v) is 13.1. The molecule has 0 bridgehead atoms. The number of amides is 1. The van der Waals surface area contributed by atoms with Gasteiger partial charge in [-0.25, -0.2) is 10.8 Å². The van der Waals surface area contributed by atoms with Gasteiger partial charge in [0.15, 0.2) is 5.82 Å². The van der Waals surface area contributed by atoms with E-state index in [1.54, 1.807) is 13.2 Å². The van der Waals surface area contributed by atoms with Crippen LogP contribution in [0.2, 0.25) is 5.02 Å². The number of hydrogen-bond donors (Lipinski definition) is 2. The Morgan fingerprint density at radius 3 is 2.90 bits per heavy atom. The fourth-order valence-electron chi connectivity index (χ4n) is 2.34. The van der Waals surface area contributed by atoms with Crippen LogP contribution in [0, 0.1) is 5.92 Å². The molecule has 116 valence electrons. The molecule has 0 aliphatic heterocycles. The van der Waals surface area contributed by atoms with E-state index in [0.29, 0.717) is 35.5 Å². The number of ether oxygens (including phenoxy) is 1. The lowest BCUT2D eigenvalue weighted by atomic mass is 10.1. The number of nitrogens with zero attached hydrogens (tertiary/aromatic N) is 2. The van der Waals surface area contributed by atoms with E-state index in [0.717, 1.165) is 0 Å². The van der Waals surface area contributed by atoms with Crippen molar-refractivity contribution >= 4 is 23.3 Å². The predicted molar refractivity (Wildman–Crippen MR) is 82.2 cm³/mol. The van der Waals surface area contributed by atoms with Crippen molar-refractivity contribution in [1.82, 2.24) is 9.88 Å². The molecule has 1 aromatic heterocycles. The molecule has 1 atom stereocenters. The highest BCUT2D eigenvalue weighted by molar-refractivity contribution is 6.33. The number of halogens is 1. The molecule has 1 aliphatic carbocycles. The summed E-state index contributed by atoms with van der Waals surface area (Å²) >= 11 is 6.04. The quantitative estimate of drug-likeness (QED) is 0.594. The summed E-state index contributed by atoms with van der Waals surface area (Å²) in [5.74, 6) is 6.15. The average Bonchev–Trinajstić information content (AvgIpc) is 3.31. The summed E-state index contributed by atoms with van der Waals surface area (Å²) in [7, 11) is 1.63. The monoisotopic (exact) mass is 312 g/mol. The third kappa shape index (κ3) is 3.84. The standard InChI is InChI=1S/C14H21ClN4O2/c1-9(10-3-4-10)19(5-6-21-2)14(20)11-7-12(15)13(18-16)17-8-11/h7-10H,3-6,16H2,1-2H3,(H,17,18). The maximum Gasteiger partial charge on any atom is 0.255 e. The Bertz CT molecular complexity index is 508. The molecular weight excluding hydrogens is 292 g/mol. The smallest absolute Gasteiger partial charge is 0.255 e. The number of nitrogens with one attached hydrogen (secondary N) is 1. The van der Waals surface area contributed by atoms with E-state index in [1.165, 1.54) is 19.0 Å². The molecule has 1 fully saturated rings. The molecule has 1 aromatic rings. The molecule has 1 unspecified atom stereocenters. The van der Waals surface area contributed by atoms with Gasteiger partial charge in [0.05, 0.1) is 17.2 Å². The van der Waals surface area contributed by atoms with Gasteiger partial charge in [-0.1, -0.05) is 11.6 Å². The highest BCUT2D eigenvalue weighted by Crippen LogP contribution is 2.35. The van der Waals surface area contributed by atoms with Gasteiger partial charge < -0.3 is 15.1 Å². The van der Waals surface area contributed by atoms with Gasteiger partial charge in [-0.05, 0) is 31.7 Å². The van der Waals surface area contributed by atoms with E-state index in [-0.39, 0.29) is 11.9 Å². The van der Waals surface area contributed by atoms with Gasteiger partial charge in [-0.15, -0.1) is 0 Å². The topological polar surface area (TPSA) is 80.5 Å². The van der Waals surface area contributed by atoms with Crippen molar-refractivity contribution in [3.05, 3.63) is 22.8 Å². The molecule has 3 N–H and O–H groups in total. The molecular formula is C14H21ClN4O2. The number of rotatable bonds is 7. The van der Waals surface area contributed by atoms with E-state index in [1.807, 2.05) is 4.90 Å². The number of pyridine rings is 1. The highest BCUT2D eigenvalue weighted by Gasteiger charge is 2.34. The van der Waals surface area contributed by atoms with Crippen LogP contribution in [0.1, 0.15) is 30.1 Å². The molecule has 21 heavy (non-hydrogen) atoms. The summed E-state index contributed by atoms with van der Waals surface area (Å²) in [5, 5.41) is 0.328. The number of hydrazine groups is 1. The van der Waals surface area contributed by atoms with Crippen molar-refractivity contribution in [3.8, 4) is 0 Å². The molecule has 0 spiro atoms. The van der Waals surface area contributed by atoms with Crippen molar-refractivity contribution < 1.29 is 9.53 Å². The first kappa shape index (κ1) is 16.0. The first-order valence-corrected chi connectivity index (χ1v) is 7.38. The first-order chi connectivity index (χ1) is 10.1. The Labute approximate surface area is 129 Å². The van der Waals surface area contributed by atoms with Crippen LogP contribution in [0.3, 0.4) is 0 Å². The minimum absolute atomic E-state index is 0.0792. The average molecular weight is 313 g/mol. The molecule has 1 heterocycles. The Morgan fingerprint density at radius 2 is 2.38 bits per heavy atom. The molecule has 0 saturated heterocycles. The molecule has 1 saturated carbocycles. The molecule has 0 radical (unpaired) electrons. The lowest BCUT2D eigenvalue weighted by molar-refractivity contribution is 0.0594. The number of nitrogens with two attached hydrogens (primary N) is 1. The summed E-state index contributed by atoms with van der Waals surface area (Å²) < 4.78 is 5.11. The summed E-state index contributed by atoms with van der Waals surface area (Å²) in [6, 6.07) is 1.78. The minimum Gasteiger partial charge on any atom is -0.383 e. The lowest BCUT2D eigenvalue weighted by Gasteiger charge is -2.29. The fourth-order valence-corrected chi connectivity index (χ4v) is 2.56. The SMILES string of the molecule is COCCN(C(=O)c1cnc(NN)c(Cl)c1)C(C)C1CC1. The van der Waals surface area contributed by atoms with Crippen molar-refractivity contribution in [3.63, 3.8) is 0 Å². The second kappa shape index (κ2) is 7.06. The second-order valence-electron chi connectivity index (χ2n) is 5.27. The maximum atomic E-state index is 12.7. The normalized spacial score (nSPS) is 15.6. The van der Waals surface area contributed by atoms with Crippen LogP contribution in [0.4, 0.5) is 5.82 Å². The summed E-state index contributed by atoms with van der Waals surface area (Å²) in [6.45, 7) is 3.14. The number of anilines is 1. The van der Waals surface area contributed by atoms with Gasteiger partial charge in [0, 0.05) is 25.9 Å². The van der Waals surface area contributed by atoms with Gasteiger partial charge in [-0.2, -0.15) is 0 Å². The number of nitrogen functional groups attached to an aromatic ring is 1. The van der Waals surface area contributed by atoms with Crippen molar-refractivity contribution in [1.29, 1.82) is 0 Å². The van der Waals surface area contributed by atoms with Crippen LogP contribution in [-0.4, -0.2) is 42.1 Å².